The first-order chi connectivity index (χ1) is 11.5. The number of thiazole rings is 1. The second kappa shape index (κ2) is 6.99. The van der Waals surface area contributed by atoms with Gasteiger partial charge in [-0.2, -0.15) is 10.2 Å². The van der Waals surface area contributed by atoms with Gasteiger partial charge in [0, 0.05) is 25.8 Å². The van der Waals surface area contributed by atoms with Gasteiger partial charge in [0.1, 0.15) is 0 Å². The van der Waals surface area contributed by atoms with Gasteiger partial charge in [-0.15, -0.1) is 12.3 Å². The molecule has 126 valence electrons. The molecule has 2 atom stereocenters. The zero-order valence-electron chi connectivity index (χ0n) is 12.8. The lowest BCUT2D eigenvalue weighted by Gasteiger charge is -2.09. The number of terminal acetylenes is 1. The topological polar surface area (TPSA) is 95.8 Å². The van der Waals surface area contributed by atoms with E-state index in [1.807, 2.05) is 0 Å². The quantitative estimate of drug-likeness (QED) is 0.645. The van der Waals surface area contributed by atoms with Crippen LogP contribution in [0.15, 0.2) is 20.2 Å². The van der Waals surface area contributed by atoms with E-state index in [0.29, 0.717) is 30.9 Å². The monoisotopic (exact) mass is 409 g/mol. The Kier molecular flexibility index (Phi) is 4.96. The smallest absolute Gasteiger partial charge is 0.230 e. The number of aromatic nitrogens is 1. The van der Waals surface area contributed by atoms with Crippen LogP contribution in [0.2, 0.25) is 0 Å². The molecule has 1 aliphatic carbocycles. The van der Waals surface area contributed by atoms with Crippen LogP contribution in [0.5, 0.6) is 0 Å². The molecule has 1 aromatic rings. The Morgan fingerprint density at radius 2 is 2.12 bits per heavy atom. The van der Waals surface area contributed by atoms with Crippen LogP contribution < -0.4 is 10.6 Å². The molecule has 2 aliphatic rings. The SMILES string of the molecule is C#CCCC1(CCNC(=O)C2CC2C(=O)Nc2ncc(Br)s2)N=N1. The number of rotatable bonds is 8. The van der Waals surface area contributed by atoms with Gasteiger partial charge in [-0.25, -0.2) is 4.98 Å². The first-order valence-corrected chi connectivity index (χ1v) is 9.21. The molecule has 9 heteroatoms. The van der Waals surface area contributed by atoms with E-state index in [-0.39, 0.29) is 23.7 Å². The third kappa shape index (κ3) is 4.19. The third-order valence-corrected chi connectivity index (χ3v) is 5.44. The molecule has 0 radical (unpaired) electrons. The lowest BCUT2D eigenvalue weighted by molar-refractivity contribution is -0.125. The zero-order chi connectivity index (χ0) is 17.2. The highest BCUT2D eigenvalue weighted by atomic mass is 79.9. The maximum Gasteiger partial charge on any atom is 0.230 e. The van der Waals surface area contributed by atoms with Gasteiger partial charge in [0.25, 0.3) is 0 Å². The Bertz CT molecular complexity index is 720. The summed E-state index contributed by atoms with van der Waals surface area (Å²) < 4.78 is 0.845. The maximum absolute atomic E-state index is 12.1. The summed E-state index contributed by atoms with van der Waals surface area (Å²) in [5.41, 5.74) is -0.391. The van der Waals surface area contributed by atoms with Crippen LogP contribution in [-0.2, 0) is 9.59 Å². The van der Waals surface area contributed by atoms with Crippen molar-refractivity contribution in [1.29, 1.82) is 0 Å². The zero-order valence-corrected chi connectivity index (χ0v) is 15.2. The van der Waals surface area contributed by atoms with Crippen LogP contribution in [0.4, 0.5) is 5.13 Å². The second-order valence-electron chi connectivity index (χ2n) is 5.84. The molecule has 2 unspecified atom stereocenters. The van der Waals surface area contributed by atoms with Gasteiger partial charge in [-0.1, -0.05) is 11.3 Å². The molecule has 0 spiro atoms. The van der Waals surface area contributed by atoms with Crippen LogP contribution >= 0.6 is 27.3 Å². The van der Waals surface area contributed by atoms with Gasteiger partial charge >= 0.3 is 0 Å². The first-order valence-electron chi connectivity index (χ1n) is 7.60. The summed E-state index contributed by atoms with van der Waals surface area (Å²) in [6.07, 6.45) is 9.43. The minimum atomic E-state index is -0.391. The number of nitrogens with one attached hydrogen (secondary N) is 2. The predicted octanol–water partition coefficient (Wildman–Crippen LogP) is 2.56. The van der Waals surface area contributed by atoms with Crippen LogP contribution in [0.1, 0.15) is 25.7 Å². The Morgan fingerprint density at radius 3 is 2.75 bits per heavy atom. The molecule has 24 heavy (non-hydrogen) atoms. The van der Waals surface area contributed by atoms with Crippen LogP contribution in [0, 0.1) is 24.2 Å². The van der Waals surface area contributed by atoms with Crippen molar-refractivity contribution in [3.63, 3.8) is 0 Å². The van der Waals surface area contributed by atoms with E-state index in [0.717, 1.165) is 10.2 Å². The molecular weight excluding hydrogens is 394 g/mol. The van der Waals surface area contributed by atoms with Crippen molar-refractivity contribution in [2.45, 2.75) is 31.3 Å². The van der Waals surface area contributed by atoms with E-state index in [2.05, 4.69) is 47.7 Å². The number of hydrogen-bond donors (Lipinski definition) is 2. The predicted molar refractivity (Wildman–Crippen MR) is 93.3 cm³/mol. The summed E-state index contributed by atoms with van der Waals surface area (Å²) >= 11 is 4.63. The highest BCUT2D eigenvalue weighted by Gasteiger charge is 2.48. The van der Waals surface area contributed by atoms with Gasteiger partial charge in [0.05, 0.1) is 21.8 Å². The molecule has 1 aromatic heterocycles. The van der Waals surface area contributed by atoms with Crippen molar-refractivity contribution < 1.29 is 9.59 Å². The normalized spacial score (nSPS) is 22.5. The van der Waals surface area contributed by atoms with E-state index < -0.39 is 5.66 Å². The average Bonchev–Trinajstić information content (AvgIpc) is 3.45. The van der Waals surface area contributed by atoms with E-state index in [4.69, 9.17) is 6.42 Å². The number of halogens is 1. The fourth-order valence-electron chi connectivity index (χ4n) is 2.47. The summed E-state index contributed by atoms with van der Waals surface area (Å²) in [5, 5.41) is 14.2. The summed E-state index contributed by atoms with van der Waals surface area (Å²) in [5.74, 6) is 1.78. The number of hydrogen-bond acceptors (Lipinski definition) is 6. The Morgan fingerprint density at radius 1 is 1.38 bits per heavy atom. The summed E-state index contributed by atoms with van der Waals surface area (Å²) in [4.78, 5) is 28.2. The fourth-order valence-corrected chi connectivity index (χ4v) is 3.58. The Hall–Kier alpha value is -1.79. The highest BCUT2D eigenvalue weighted by molar-refractivity contribution is 9.11. The average molecular weight is 410 g/mol. The number of amides is 2. The van der Waals surface area contributed by atoms with Gasteiger partial charge < -0.3 is 10.6 Å². The second-order valence-corrected chi connectivity index (χ2v) is 8.24. The molecule has 0 saturated heterocycles. The van der Waals surface area contributed by atoms with Crippen LogP contribution in [0.25, 0.3) is 0 Å². The van der Waals surface area contributed by atoms with Gasteiger partial charge in [-0.05, 0) is 22.4 Å². The summed E-state index contributed by atoms with van der Waals surface area (Å²) in [6.45, 7) is 0.487. The molecule has 1 aliphatic heterocycles. The Labute approximate surface area is 151 Å². The Balaban J connectivity index is 1.37. The van der Waals surface area contributed by atoms with Crippen LogP contribution in [-0.4, -0.2) is 29.0 Å². The number of carbonyl (C=O) groups is 2. The molecule has 1 fully saturated rings. The van der Waals surface area contributed by atoms with Crippen LogP contribution in [0.3, 0.4) is 0 Å². The maximum atomic E-state index is 12.1. The van der Waals surface area contributed by atoms with Crippen molar-refractivity contribution >= 4 is 44.2 Å². The van der Waals surface area contributed by atoms with Gasteiger partial charge in [0.2, 0.25) is 11.8 Å². The molecule has 0 bridgehead atoms. The molecule has 2 N–H and O–H groups in total. The van der Waals surface area contributed by atoms with E-state index in [1.54, 1.807) is 6.20 Å². The van der Waals surface area contributed by atoms with E-state index in [1.165, 1.54) is 11.3 Å². The van der Waals surface area contributed by atoms with Gasteiger partial charge in [0.15, 0.2) is 10.8 Å². The molecule has 3 rings (SSSR count). The molecule has 2 amide bonds. The molecule has 2 heterocycles. The molecule has 7 nitrogen and oxygen atoms in total. The largest absolute Gasteiger partial charge is 0.356 e. The van der Waals surface area contributed by atoms with E-state index in [9.17, 15) is 9.59 Å². The van der Waals surface area contributed by atoms with E-state index >= 15 is 0 Å². The fraction of sp³-hybridized carbons (Fsp3) is 0.533. The summed E-state index contributed by atoms with van der Waals surface area (Å²) in [7, 11) is 0. The third-order valence-electron chi connectivity index (χ3n) is 4.05. The van der Waals surface area contributed by atoms with Crippen molar-refractivity contribution in [3.05, 3.63) is 9.98 Å². The number of anilines is 1. The number of nitrogens with zero attached hydrogens (tertiary/aromatic N) is 3. The summed E-state index contributed by atoms with van der Waals surface area (Å²) in [6, 6.07) is 0. The number of carbonyl (C=O) groups excluding carboxylic acids is 2. The van der Waals surface area contributed by atoms with Crippen molar-refractivity contribution in [3.8, 4) is 12.3 Å². The lowest BCUT2D eigenvalue weighted by atomic mass is 10.0. The first kappa shape index (κ1) is 17.0. The molecule has 1 saturated carbocycles. The highest BCUT2D eigenvalue weighted by Crippen LogP contribution is 2.40. The van der Waals surface area contributed by atoms with Crippen molar-refractivity contribution in [2.75, 3.05) is 11.9 Å². The van der Waals surface area contributed by atoms with Crippen molar-refractivity contribution in [2.24, 2.45) is 22.1 Å². The lowest BCUT2D eigenvalue weighted by Crippen LogP contribution is -2.30. The van der Waals surface area contributed by atoms with Gasteiger partial charge in [-0.3, -0.25) is 9.59 Å². The standard InChI is InChI=1S/C15H16BrN5O2S/c1-2-3-4-15(20-21-15)5-6-17-12(22)9-7-10(9)13(23)19-14-18-8-11(16)24-14/h1,8-10H,3-7H2,(H,17,22)(H,18,19,23). The molecule has 0 aromatic carbocycles. The minimum absolute atomic E-state index is 0.0942. The molecular formula is C15H16BrN5O2S. The minimum Gasteiger partial charge on any atom is -0.356 e. The van der Waals surface area contributed by atoms with Crippen molar-refractivity contribution in [1.82, 2.24) is 10.3 Å².